The highest BCUT2D eigenvalue weighted by molar-refractivity contribution is 7.71. The first-order chi connectivity index (χ1) is 8.00. The van der Waals surface area contributed by atoms with Gasteiger partial charge in [0.1, 0.15) is 0 Å². The Kier molecular flexibility index (Phi) is 3.56. The van der Waals surface area contributed by atoms with E-state index in [-0.39, 0.29) is 6.04 Å². The van der Waals surface area contributed by atoms with Crippen LogP contribution in [0.25, 0.3) is 11.4 Å². The number of hydrogen-bond donors (Lipinski definition) is 1. The molecule has 3 nitrogen and oxygen atoms in total. The van der Waals surface area contributed by atoms with Crippen LogP contribution in [0.1, 0.15) is 19.9 Å². The Morgan fingerprint density at radius 2 is 2.06 bits per heavy atom. The van der Waals surface area contributed by atoms with Crippen molar-refractivity contribution in [3.05, 3.63) is 33.0 Å². The van der Waals surface area contributed by atoms with E-state index in [4.69, 9.17) is 35.4 Å². The molecule has 0 radical (unpaired) electrons. The summed E-state index contributed by atoms with van der Waals surface area (Å²) in [5, 5.41) is 8.21. The molecule has 1 aromatic carbocycles. The second-order valence-electron chi connectivity index (χ2n) is 3.94. The molecular formula is C11H11Cl2N3S. The zero-order chi connectivity index (χ0) is 12.6. The van der Waals surface area contributed by atoms with Crippen LogP contribution in [-0.2, 0) is 0 Å². The molecule has 1 heterocycles. The maximum atomic E-state index is 6.16. The number of H-pyrrole nitrogens is 1. The van der Waals surface area contributed by atoms with Crippen LogP contribution in [-0.4, -0.2) is 14.8 Å². The molecule has 0 saturated heterocycles. The van der Waals surface area contributed by atoms with Gasteiger partial charge in [-0.15, -0.1) is 0 Å². The molecule has 0 saturated carbocycles. The van der Waals surface area contributed by atoms with Crippen LogP contribution in [0.3, 0.4) is 0 Å². The van der Waals surface area contributed by atoms with Gasteiger partial charge in [-0.2, -0.15) is 5.10 Å². The first-order valence-corrected chi connectivity index (χ1v) is 6.29. The SMILES string of the molecule is CC(C)n1c(-c2cc(Cl)ccc2Cl)n[nH]c1=S. The summed E-state index contributed by atoms with van der Waals surface area (Å²) in [5.41, 5.74) is 0.778. The van der Waals surface area contributed by atoms with E-state index in [0.717, 1.165) is 5.56 Å². The van der Waals surface area contributed by atoms with Gasteiger partial charge in [-0.25, -0.2) is 0 Å². The number of rotatable bonds is 2. The zero-order valence-electron chi connectivity index (χ0n) is 9.37. The van der Waals surface area contributed by atoms with Crippen LogP contribution in [0.2, 0.25) is 10.0 Å². The van der Waals surface area contributed by atoms with E-state index >= 15 is 0 Å². The van der Waals surface area contributed by atoms with Crippen molar-refractivity contribution in [1.29, 1.82) is 0 Å². The molecule has 0 aliphatic heterocycles. The molecule has 0 fully saturated rings. The van der Waals surface area contributed by atoms with Crippen molar-refractivity contribution < 1.29 is 0 Å². The summed E-state index contributed by atoms with van der Waals surface area (Å²) in [4.78, 5) is 0. The topological polar surface area (TPSA) is 33.6 Å². The van der Waals surface area contributed by atoms with E-state index < -0.39 is 0 Å². The van der Waals surface area contributed by atoms with Crippen molar-refractivity contribution in [3.63, 3.8) is 0 Å². The fourth-order valence-electron chi connectivity index (χ4n) is 1.64. The van der Waals surface area contributed by atoms with Crippen molar-refractivity contribution >= 4 is 35.4 Å². The van der Waals surface area contributed by atoms with Crippen LogP contribution in [0.15, 0.2) is 18.2 Å². The van der Waals surface area contributed by atoms with Gasteiger partial charge in [-0.05, 0) is 44.3 Å². The maximum Gasteiger partial charge on any atom is 0.195 e. The van der Waals surface area contributed by atoms with E-state index in [2.05, 4.69) is 10.2 Å². The monoisotopic (exact) mass is 287 g/mol. The number of nitrogens with one attached hydrogen (secondary N) is 1. The van der Waals surface area contributed by atoms with Crippen LogP contribution in [0.4, 0.5) is 0 Å². The standard InChI is InChI=1S/C11H11Cl2N3S/c1-6(2)16-10(14-15-11(16)17)8-5-7(12)3-4-9(8)13/h3-6H,1-2H3,(H,15,17). The van der Waals surface area contributed by atoms with Crippen LogP contribution in [0.5, 0.6) is 0 Å². The Bertz CT molecular complexity index is 601. The minimum absolute atomic E-state index is 0.200. The molecule has 0 unspecified atom stereocenters. The molecule has 1 N–H and O–H groups in total. The van der Waals surface area contributed by atoms with E-state index in [1.165, 1.54) is 0 Å². The average molecular weight is 288 g/mol. The molecule has 0 atom stereocenters. The van der Waals surface area contributed by atoms with Gasteiger partial charge in [-0.1, -0.05) is 23.2 Å². The summed E-state index contributed by atoms with van der Waals surface area (Å²) >= 11 is 17.3. The third-order valence-corrected chi connectivity index (χ3v) is 3.24. The third kappa shape index (κ3) is 2.39. The van der Waals surface area contributed by atoms with E-state index in [9.17, 15) is 0 Å². The lowest BCUT2D eigenvalue weighted by molar-refractivity contribution is 0.597. The highest BCUT2D eigenvalue weighted by Gasteiger charge is 2.14. The van der Waals surface area contributed by atoms with Gasteiger partial charge in [0.2, 0.25) is 0 Å². The Morgan fingerprint density at radius 1 is 1.35 bits per heavy atom. The Balaban J connectivity index is 2.69. The molecule has 90 valence electrons. The Labute approximate surface area is 114 Å². The largest absolute Gasteiger partial charge is 0.298 e. The minimum Gasteiger partial charge on any atom is -0.298 e. The first kappa shape index (κ1) is 12.6. The summed E-state index contributed by atoms with van der Waals surface area (Å²) in [6.45, 7) is 4.07. The number of hydrogen-bond acceptors (Lipinski definition) is 2. The summed E-state index contributed by atoms with van der Waals surface area (Å²) in [6.07, 6.45) is 0. The highest BCUT2D eigenvalue weighted by Crippen LogP contribution is 2.30. The van der Waals surface area contributed by atoms with Gasteiger partial charge in [0.05, 0.1) is 5.02 Å². The van der Waals surface area contributed by atoms with Gasteiger partial charge in [0, 0.05) is 16.6 Å². The number of benzene rings is 1. The fraction of sp³-hybridized carbons (Fsp3) is 0.273. The minimum atomic E-state index is 0.200. The molecule has 0 aliphatic carbocycles. The summed E-state index contributed by atoms with van der Waals surface area (Å²) in [5.74, 6) is 0.706. The number of nitrogens with zero attached hydrogens (tertiary/aromatic N) is 2. The number of aromatic nitrogens is 3. The van der Waals surface area contributed by atoms with E-state index in [0.29, 0.717) is 20.6 Å². The van der Waals surface area contributed by atoms with Crippen LogP contribution >= 0.6 is 35.4 Å². The first-order valence-electron chi connectivity index (χ1n) is 5.13. The van der Waals surface area contributed by atoms with E-state index in [1.807, 2.05) is 18.4 Å². The molecule has 2 rings (SSSR count). The molecule has 0 spiro atoms. The van der Waals surface area contributed by atoms with Gasteiger partial charge in [0.15, 0.2) is 10.6 Å². The summed E-state index contributed by atoms with van der Waals surface area (Å²) in [6, 6.07) is 5.48. The summed E-state index contributed by atoms with van der Waals surface area (Å²) < 4.78 is 2.48. The Morgan fingerprint density at radius 3 is 2.71 bits per heavy atom. The van der Waals surface area contributed by atoms with E-state index in [1.54, 1.807) is 18.2 Å². The lowest BCUT2D eigenvalue weighted by Gasteiger charge is -2.11. The smallest absolute Gasteiger partial charge is 0.195 e. The van der Waals surface area contributed by atoms with Crippen molar-refractivity contribution in [2.24, 2.45) is 0 Å². The second kappa shape index (κ2) is 4.80. The van der Waals surface area contributed by atoms with Gasteiger partial charge >= 0.3 is 0 Å². The molecule has 2 aromatic rings. The summed E-state index contributed by atoms with van der Waals surface area (Å²) in [7, 11) is 0. The Hall–Kier alpha value is -0.840. The average Bonchev–Trinajstić information content (AvgIpc) is 2.64. The van der Waals surface area contributed by atoms with Crippen molar-refractivity contribution in [2.45, 2.75) is 19.9 Å². The number of aromatic amines is 1. The normalized spacial score (nSPS) is 11.1. The van der Waals surface area contributed by atoms with Crippen molar-refractivity contribution in [3.8, 4) is 11.4 Å². The molecule has 6 heteroatoms. The molecule has 0 bridgehead atoms. The quantitative estimate of drug-likeness (QED) is 0.826. The maximum absolute atomic E-state index is 6.16. The van der Waals surface area contributed by atoms with Gasteiger partial charge < -0.3 is 0 Å². The molecule has 17 heavy (non-hydrogen) atoms. The lowest BCUT2D eigenvalue weighted by atomic mass is 10.2. The predicted molar refractivity (Wildman–Crippen MR) is 73.3 cm³/mol. The predicted octanol–water partition coefficient (Wildman–Crippen LogP) is 4.50. The van der Waals surface area contributed by atoms with Gasteiger partial charge in [0.25, 0.3) is 0 Å². The van der Waals surface area contributed by atoms with Crippen molar-refractivity contribution in [2.75, 3.05) is 0 Å². The highest BCUT2D eigenvalue weighted by atomic mass is 35.5. The van der Waals surface area contributed by atoms with Gasteiger partial charge in [-0.3, -0.25) is 9.67 Å². The molecule has 1 aromatic heterocycles. The molecule has 0 aliphatic rings. The van der Waals surface area contributed by atoms with Crippen LogP contribution in [0, 0.1) is 4.77 Å². The van der Waals surface area contributed by atoms with Crippen LogP contribution < -0.4 is 0 Å². The molecular weight excluding hydrogens is 277 g/mol. The zero-order valence-corrected chi connectivity index (χ0v) is 11.7. The lowest BCUT2D eigenvalue weighted by Crippen LogP contribution is -2.03. The van der Waals surface area contributed by atoms with Crippen molar-refractivity contribution in [1.82, 2.24) is 14.8 Å². The molecule has 0 amide bonds. The fourth-order valence-corrected chi connectivity index (χ4v) is 2.36. The third-order valence-electron chi connectivity index (χ3n) is 2.39. The second-order valence-corrected chi connectivity index (χ2v) is 5.17. The number of halogens is 2.